The van der Waals surface area contributed by atoms with Gasteiger partial charge in [-0.2, -0.15) is 0 Å². The maximum atomic E-state index is 2.45. The van der Waals surface area contributed by atoms with Gasteiger partial charge in [-0.25, -0.2) is 0 Å². The Morgan fingerprint density at radius 3 is 2.59 bits per heavy atom. The molecule has 0 aromatic rings. The zero-order valence-corrected chi connectivity index (χ0v) is 12.1. The fourth-order valence-electron chi connectivity index (χ4n) is 2.39. The van der Waals surface area contributed by atoms with E-state index in [2.05, 4.69) is 45.9 Å². The summed E-state index contributed by atoms with van der Waals surface area (Å²) in [6, 6.07) is 0. The summed E-state index contributed by atoms with van der Waals surface area (Å²) in [6.07, 6.45) is 14.8. The summed E-state index contributed by atoms with van der Waals surface area (Å²) in [6.45, 7) is 8.96. The van der Waals surface area contributed by atoms with Crippen molar-refractivity contribution in [2.45, 2.75) is 66.2 Å². The van der Waals surface area contributed by atoms with Gasteiger partial charge in [-0.1, -0.05) is 41.9 Å². The van der Waals surface area contributed by atoms with Crippen LogP contribution < -0.4 is 0 Å². The Balaban J connectivity index is 2.26. The number of rotatable bonds is 5. The lowest BCUT2D eigenvalue weighted by Gasteiger charge is -1.99. The van der Waals surface area contributed by atoms with Crippen molar-refractivity contribution in [1.82, 2.24) is 0 Å². The van der Waals surface area contributed by atoms with Crippen molar-refractivity contribution in [2.75, 3.05) is 0 Å². The minimum absolute atomic E-state index is 0.920. The van der Waals surface area contributed by atoms with Gasteiger partial charge in [-0.15, -0.1) is 0 Å². The molecule has 1 saturated carbocycles. The molecular weight excluding hydrogens is 204 g/mol. The first-order valence-corrected chi connectivity index (χ1v) is 7.05. The van der Waals surface area contributed by atoms with Gasteiger partial charge in [0.05, 0.1) is 0 Å². The third-order valence-electron chi connectivity index (χ3n) is 3.53. The molecule has 0 aromatic heterocycles. The van der Waals surface area contributed by atoms with Gasteiger partial charge >= 0.3 is 0 Å². The van der Waals surface area contributed by atoms with Gasteiger partial charge in [0.1, 0.15) is 0 Å². The van der Waals surface area contributed by atoms with Crippen LogP contribution in [-0.2, 0) is 0 Å². The summed E-state index contributed by atoms with van der Waals surface area (Å²) in [5.41, 5.74) is 4.65. The number of hydrogen-bond donors (Lipinski definition) is 0. The van der Waals surface area contributed by atoms with Crippen molar-refractivity contribution in [3.63, 3.8) is 0 Å². The predicted octanol–water partition coefficient (Wildman–Crippen LogP) is 5.82. The van der Waals surface area contributed by atoms with E-state index in [0.717, 1.165) is 12.3 Å². The summed E-state index contributed by atoms with van der Waals surface area (Å²) >= 11 is 0. The van der Waals surface area contributed by atoms with Crippen molar-refractivity contribution in [1.29, 1.82) is 0 Å². The molecule has 17 heavy (non-hydrogen) atoms. The maximum absolute atomic E-state index is 2.45. The van der Waals surface area contributed by atoms with Crippen LogP contribution in [0.4, 0.5) is 0 Å². The Labute approximate surface area is 108 Å². The molecule has 96 valence electrons. The monoisotopic (exact) mass is 232 g/mol. The average molecular weight is 232 g/mol. The van der Waals surface area contributed by atoms with Crippen LogP contribution in [0.15, 0.2) is 34.9 Å². The van der Waals surface area contributed by atoms with Crippen molar-refractivity contribution < 1.29 is 0 Å². The topological polar surface area (TPSA) is 0 Å². The zero-order valence-electron chi connectivity index (χ0n) is 12.1. The van der Waals surface area contributed by atoms with Gasteiger partial charge in [0, 0.05) is 0 Å². The standard InChI is InChI=1S/C17H28/c1-14(2)7-5-8-15(3)9-6-10-17-12-11-16(4)13-17/h7,9-10,16H,5-6,8,11-13H2,1-4H3. The van der Waals surface area contributed by atoms with E-state index in [9.17, 15) is 0 Å². The molecule has 0 saturated heterocycles. The summed E-state index contributed by atoms with van der Waals surface area (Å²) in [5, 5.41) is 0. The van der Waals surface area contributed by atoms with Gasteiger partial charge in [-0.05, 0) is 65.2 Å². The highest BCUT2D eigenvalue weighted by molar-refractivity contribution is 5.12. The van der Waals surface area contributed by atoms with Crippen LogP contribution in [0.5, 0.6) is 0 Å². The van der Waals surface area contributed by atoms with E-state index in [4.69, 9.17) is 0 Å². The van der Waals surface area contributed by atoms with Gasteiger partial charge in [0.2, 0.25) is 0 Å². The smallest absolute Gasteiger partial charge is 0.0164 e. The van der Waals surface area contributed by atoms with E-state index in [-0.39, 0.29) is 0 Å². The largest absolute Gasteiger partial charge is 0.0856 e. The highest BCUT2D eigenvalue weighted by Crippen LogP contribution is 2.29. The molecule has 1 fully saturated rings. The molecular formula is C17H28. The number of hydrogen-bond acceptors (Lipinski definition) is 0. The van der Waals surface area contributed by atoms with Crippen molar-refractivity contribution in [3.05, 3.63) is 34.9 Å². The van der Waals surface area contributed by atoms with E-state index >= 15 is 0 Å². The average Bonchev–Trinajstić information content (AvgIpc) is 2.63. The van der Waals surface area contributed by atoms with Crippen molar-refractivity contribution in [3.8, 4) is 0 Å². The Morgan fingerprint density at radius 1 is 1.24 bits per heavy atom. The molecule has 0 spiro atoms. The van der Waals surface area contributed by atoms with Crippen LogP contribution >= 0.6 is 0 Å². The molecule has 0 radical (unpaired) electrons. The minimum atomic E-state index is 0.920. The Bertz CT molecular complexity index is 311. The van der Waals surface area contributed by atoms with Crippen LogP contribution in [0.3, 0.4) is 0 Å². The first kappa shape index (κ1) is 14.3. The summed E-state index contributed by atoms with van der Waals surface area (Å²) in [4.78, 5) is 0. The molecule has 1 rings (SSSR count). The van der Waals surface area contributed by atoms with E-state index in [1.165, 1.54) is 43.3 Å². The SMILES string of the molecule is CC(C)=CCCC(C)=CCC=C1CCC(C)C1. The molecule has 1 atom stereocenters. The van der Waals surface area contributed by atoms with E-state index in [1.807, 2.05) is 0 Å². The predicted molar refractivity (Wildman–Crippen MR) is 78.1 cm³/mol. The second kappa shape index (κ2) is 7.53. The van der Waals surface area contributed by atoms with Gasteiger partial charge in [-0.3, -0.25) is 0 Å². The highest BCUT2D eigenvalue weighted by Gasteiger charge is 2.13. The number of allylic oxidation sites excluding steroid dienone is 6. The van der Waals surface area contributed by atoms with Crippen molar-refractivity contribution in [2.24, 2.45) is 5.92 Å². The molecule has 0 bridgehead atoms. The minimum Gasteiger partial charge on any atom is -0.0856 e. The molecule has 1 aliphatic carbocycles. The summed E-state index contributed by atoms with van der Waals surface area (Å²) < 4.78 is 0. The zero-order chi connectivity index (χ0) is 12.7. The highest BCUT2D eigenvalue weighted by atomic mass is 14.2. The van der Waals surface area contributed by atoms with Crippen LogP contribution in [0.1, 0.15) is 66.2 Å². The van der Waals surface area contributed by atoms with Crippen LogP contribution in [0.2, 0.25) is 0 Å². The van der Waals surface area contributed by atoms with Gasteiger partial charge < -0.3 is 0 Å². The van der Waals surface area contributed by atoms with Crippen LogP contribution in [0.25, 0.3) is 0 Å². The van der Waals surface area contributed by atoms with Crippen LogP contribution in [0, 0.1) is 5.92 Å². The third kappa shape index (κ3) is 6.51. The second-order valence-corrected chi connectivity index (χ2v) is 5.82. The molecule has 0 amide bonds. The quantitative estimate of drug-likeness (QED) is 0.524. The van der Waals surface area contributed by atoms with Crippen molar-refractivity contribution >= 4 is 0 Å². The Hall–Kier alpha value is -0.780. The second-order valence-electron chi connectivity index (χ2n) is 5.82. The Kier molecular flexibility index (Phi) is 6.32. The molecule has 0 aromatic carbocycles. The lowest BCUT2D eigenvalue weighted by Crippen LogP contribution is -1.81. The van der Waals surface area contributed by atoms with Crippen LogP contribution in [-0.4, -0.2) is 0 Å². The molecule has 1 unspecified atom stereocenters. The van der Waals surface area contributed by atoms with Gasteiger partial charge in [0.25, 0.3) is 0 Å². The molecule has 0 heterocycles. The fourth-order valence-corrected chi connectivity index (χ4v) is 2.39. The third-order valence-corrected chi connectivity index (χ3v) is 3.53. The molecule has 1 aliphatic rings. The lowest BCUT2D eigenvalue weighted by atomic mass is 10.1. The lowest BCUT2D eigenvalue weighted by molar-refractivity contribution is 0.620. The first-order valence-electron chi connectivity index (χ1n) is 7.05. The van der Waals surface area contributed by atoms with E-state index < -0.39 is 0 Å². The molecule has 0 nitrogen and oxygen atoms in total. The first-order chi connectivity index (χ1) is 8.08. The normalized spacial score (nSPS) is 23.2. The van der Waals surface area contributed by atoms with E-state index in [1.54, 1.807) is 5.57 Å². The molecule has 0 N–H and O–H groups in total. The van der Waals surface area contributed by atoms with E-state index in [0.29, 0.717) is 0 Å². The molecule has 0 heteroatoms. The maximum Gasteiger partial charge on any atom is -0.0164 e. The van der Waals surface area contributed by atoms with Gasteiger partial charge in [0.15, 0.2) is 0 Å². The molecule has 0 aliphatic heterocycles. The Morgan fingerprint density at radius 2 is 2.00 bits per heavy atom. The summed E-state index contributed by atoms with van der Waals surface area (Å²) in [5.74, 6) is 0.920. The summed E-state index contributed by atoms with van der Waals surface area (Å²) in [7, 11) is 0. The fraction of sp³-hybridized carbons (Fsp3) is 0.647.